The van der Waals surface area contributed by atoms with Gasteiger partial charge >= 0.3 is 0 Å². The first-order chi connectivity index (χ1) is 16.8. The number of ether oxygens (including phenoxy) is 2. The number of aliphatic hydroxyl groups is 1. The van der Waals surface area contributed by atoms with Crippen LogP contribution in [0.1, 0.15) is 28.3 Å². The smallest absolute Gasteiger partial charge is 0.295 e. The second kappa shape index (κ2) is 9.98. The maximum absolute atomic E-state index is 13.4. The largest absolute Gasteiger partial charge is 0.507 e. The van der Waals surface area contributed by atoms with Gasteiger partial charge in [0.1, 0.15) is 10.8 Å². The molecule has 1 fully saturated rings. The number of methoxy groups -OCH3 is 2. The van der Waals surface area contributed by atoms with E-state index in [0.29, 0.717) is 5.56 Å². The van der Waals surface area contributed by atoms with E-state index in [-0.39, 0.29) is 39.2 Å². The summed E-state index contributed by atoms with van der Waals surface area (Å²) in [6, 6.07) is 11.5. The van der Waals surface area contributed by atoms with Gasteiger partial charge in [0.15, 0.2) is 11.5 Å². The maximum atomic E-state index is 13.4. The lowest BCUT2D eigenvalue weighted by atomic mass is 9.92. The molecule has 1 aliphatic rings. The van der Waals surface area contributed by atoms with E-state index >= 15 is 0 Å². The monoisotopic (exact) mass is 512 g/mol. The highest BCUT2D eigenvalue weighted by atomic mass is 35.5. The van der Waals surface area contributed by atoms with E-state index in [9.17, 15) is 14.7 Å². The first-order valence-electron chi connectivity index (χ1n) is 10.6. The molecule has 1 aromatic heterocycles. The van der Waals surface area contributed by atoms with Gasteiger partial charge in [-0.05, 0) is 35.7 Å². The van der Waals surface area contributed by atoms with Gasteiger partial charge in [-0.1, -0.05) is 53.5 Å². The van der Waals surface area contributed by atoms with Crippen molar-refractivity contribution in [2.45, 2.75) is 19.5 Å². The number of likely N-dealkylation sites (tertiary alicyclic amines) is 1. The van der Waals surface area contributed by atoms with Crippen LogP contribution >= 0.6 is 23.2 Å². The molecule has 35 heavy (non-hydrogen) atoms. The molecule has 0 bridgehead atoms. The van der Waals surface area contributed by atoms with Crippen LogP contribution in [0, 0.1) is 6.92 Å². The van der Waals surface area contributed by atoms with Gasteiger partial charge in [0.25, 0.3) is 11.7 Å². The molecule has 2 heterocycles. The quantitative estimate of drug-likeness (QED) is 0.272. The number of benzene rings is 2. The zero-order valence-electron chi connectivity index (χ0n) is 19.2. The number of aromatic nitrogens is 1. The van der Waals surface area contributed by atoms with Gasteiger partial charge in [-0.3, -0.25) is 14.6 Å². The summed E-state index contributed by atoms with van der Waals surface area (Å²) in [5.41, 5.74) is 2.26. The second-order valence-electron chi connectivity index (χ2n) is 7.93. The van der Waals surface area contributed by atoms with E-state index < -0.39 is 23.5 Å². The Balaban J connectivity index is 1.97. The van der Waals surface area contributed by atoms with E-state index in [1.165, 1.54) is 25.2 Å². The van der Waals surface area contributed by atoms with Crippen LogP contribution in [0.5, 0.6) is 11.5 Å². The van der Waals surface area contributed by atoms with Gasteiger partial charge in [0.05, 0.1) is 36.4 Å². The number of hydrogen-bond donors (Lipinski definition) is 1. The average Bonchev–Trinajstić information content (AvgIpc) is 3.09. The number of aliphatic hydroxyl groups excluding tert-OH is 1. The van der Waals surface area contributed by atoms with Crippen molar-refractivity contribution in [2.24, 2.45) is 0 Å². The Morgan fingerprint density at radius 3 is 2.43 bits per heavy atom. The summed E-state index contributed by atoms with van der Waals surface area (Å²) in [5.74, 6) is -1.80. The van der Waals surface area contributed by atoms with Gasteiger partial charge in [-0.2, -0.15) is 0 Å². The number of carbonyl (C=O) groups is 2. The lowest BCUT2D eigenvalue weighted by molar-refractivity contribution is -0.140. The second-order valence-corrected chi connectivity index (χ2v) is 8.72. The van der Waals surface area contributed by atoms with E-state index in [1.807, 2.05) is 37.3 Å². The number of nitrogens with zero attached hydrogens (tertiary/aromatic N) is 2. The predicted octanol–water partition coefficient (Wildman–Crippen LogP) is 5.34. The van der Waals surface area contributed by atoms with Crippen molar-refractivity contribution < 1.29 is 24.2 Å². The number of amides is 1. The molecule has 1 unspecified atom stereocenters. The summed E-state index contributed by atoms with van der Waals surface area (Å²) in [7, 11) is 2.76. The lowest BCUT2D eigenvalue weighted by Gasteiger charge is -2.26. The Morgan fingerprint density at radius 2 is 1.80 bits per heavy atom. The van der Waals surface area contributed by atoms with E-state index in [2.05, 4.69) is 4.98 Å². The number of carbonyl (C=O) groups excluding carboxylic acids is 2. The summed E-state index contributed by atoms with van der Waals surface area (Å²) in [6.07, 6.45) is 3.25. The molecule has 1 saturated heterocycles. The highest BCUT2D eigenvalue weighted by Crippen LogP contribution is 2.47. The zero-order chi connectivity index (χ0) is 25.3. The summed E-state index contributed by atoms with van der Waals surface area (Å²) in [5, 5.41) is 11.6. The van der Waals surface area contributed by atoms with Crippen molar-refractivity contribution in [3.8, 4) is 11.5 Å². The summed E-state index contributed by atoms with van der Waals surface area (Å²) < 4.78 is 10.7. The van der Waals surface area contributed by atoms with Crippen LogP contribution < -0.4 is 9.47 Å². The zero-order valence-corrected chi connectivity index (χ0v) is 20.7. The Kier molecular flexibility index (Phi) is 7.00. The first-order valence-corrected chi connectivity index (χ1v) is 11.4. The van der Waals surface area contributed by atoms with Crippen molar-refractivity contribution in [2.75, 3.05) is 14.2 Å². The summed E-state index contributed by atoms with van der Waals surface area (Å²) >= 11 is 12.7. The van der Waals surface area contributed by atoms with Crippen LogP contribution in [-0.2, 0) is 16.1 Å². The molecular weight excluding hydrogens is 491 g/mol. The fourth-order valence-electron chi connectivity index (χ4n) is 4.24. The third-order valence-electron chi connectivity index (χ3n) is 5.89. The third-order valence-corrected chi connectivity index (χ3v) is 6.52. The van der Waals surface area contributed by atoms with Crippen LogP contribution in [-0.4, -0.2) is 40.9 Å². The molecule has 180 valence electrons. The van der Waals surface area contributed by atoms with Crippen LogP contribution in [0.3, 0.4) is 0 Å². The molecule has 1 N–H and O–H groups in total. The van der Waals surface area contributed by atoms with Crippen LogP contribution in [0.4, 0.5) is 0 Å². The highest BCUT2D eigenvalue weighted by molar-refractivity contribution is 6.47. The number of hydrogen-bond acceptors (Lipinski definition) is 6. The molecule has 3 aromatic rings. The Hall–Kier alpha value is -3.55. The SMILES string of the molecule is COc1c(Cl)cc(/C(O)=C2\C(=O)C(=O)N(Cc3cccnc3)C2c2ccccc2C)c(OC)c1Cl. The van der Waals surface area contributed by atoms with Crippen LogP contribution in [0.2, 0.25) is 10.0 Å². The normalized spacial score (nSPS) is 17.1. The molecule has 1 aliphatic heterocycles. The van der Waals surface area contributed by atoms with Crippen molar-refractivity contribution in [1.29, 1.82) is 0 Å². The molecule has 7 nitrogen and oxygen atoms in total. The Bertz CT molecular complexity index is 1340. The van der Waals surface area contributed by atoms with Gasteiger partial charge < -0.3 is 19.5 Å². The minimum Gasteiger partial charge on any atom is -0.507 e. The topological polar surface area (TPSA) is 89.0 Å². The predicted molar refractivity (Wildman–Crippen MR) is 133 cm³/mol. The molecule has 4 rings (SSSR count). The number of Topliss-reactive ketones (excluding diaryl/α,β-unsaturated/α-hetero) is 1. The molecule has 0 spiro atoms. The highest BCUT2D eigenvalue weighted by Gasteiger charge is 2.47. The molecule has 2 aromatic carbocycles. The van der Waals surface area contributed by atoms with E-state index in [1.54, 1.807) is 18.5 Å². The average molecular weight is 513 g/mol. The number of ketones is 1. The molecular formula is C26H22Cl2N2O5. The minimum atomic E-state index is -0.860. The number of pyridine rings is 1. The summed E-state index contributed by atoms with van der Waals surface area (Å²) in [4.78, 5) is 32.1. The Labute approximate surface area is 212 Å². The molecule has 0 aliphatic carbocycles. The molecule has 1 amide bonds. The molecule has 0 saturated carbocycles. The fourth-order valence-corrected chi connectivity index (χ4v) is 4.93. The minimum absolute atomic E-state index is 0.0288. The first kappa shape index (κ1) is 24.6. The van der Waals surface area contributed by atoms with Crippen molar-refractivity contribution >= 4 is 40.7 Å². The fraction of sp³-hybridized carbons (Fsp3) is 0.192. The van der Waals surface area contributed by atoms with Crippen LogP contribution in [0.25, 0.3) is 5.76 Å². The van der Waals surface area contributed by atoms with Crippen molar-refractivity contribution in [1.82, 2.24) is 9.88 Å². The van der Waals surface area contributed by atoms with Gasteiger partial charge in [-0.25, -0.2) is 0 Å². The number of aryl methyl sites for hydroxylation is 1. The molecule has 0 radical (unpaired) electrons. The maximum Gasteiger partial charge on any atom is 0.295 e. The Morgan fingerprint density at radius 1 is 1.09 bits per heavy atom. The lowest BCUT2D eigenvalue weighted by Crippen LogP contribution is -2.29. The van der Waals surface area contributed by atoms with Crippen molar-refractivity contribution in [3.63, 3.8) is 0 Å². The third kappa shape index (κ3) is 4.33. The number of halogens is 2. The molecule has 9 heteroatoms. The molecule has 1 atom stereocenters. The van der Waals surface area contributed by atoms with Gasteiger partial charge in [0.2, 0.25) is 0 Å². The summed E-state index contributed by atoms with van der Waals surface area (Å²) in [6.45, 7) is 2.00. The van der Waals surface area contributed by atoms with Crippen molar-refractivity contribution in [3.05, 3.63) is 92.7 Å². The number of rotatable bonds is 6. The van der Waals surface area contributed by atoms with Gasteiger partial charge in [0, 0.05) is 18.9 Å². The van der Waals surface area contributed by atoms with Gasteiger partial charge in [-0.15, -0.1) is 0 Å². The van der Waals surface area contributed by atoms with E-state index in [0.717, 1.165) is 11.1 Å². The van der Waals surface area contributed by atoms with E-state index in [4.69, 9.17) is 32.7 Å². The van der Waals surface area contributed by atoms with Crippen LogP contribution in [0.15, 0.2) is 60.4 Å². The standard InChI is InChI=1S/C26H22Cl2N2O5/c1-14-7-4-5-9-16(14)21-19(23(32)26(33)30(21)13-15-8-6-10-29-12-15)22(31)17-11-18(27)25(35-3)20(28)24(17)34-2/h4-12,21,31H,13H2,1-3H3/b22-19+.